The van der Waals surface area contributed by atoms with Crippen molar-refractivity contribution >= 4 is 39.4 Å². The smallest absolute Gasteiger partial charge is 0.264 e. The zero-order valence-corrected chi connectivity index (χ0v) is 20.8. The highest BCUT2D eigenvalue weighted by Gasteiger charge is 2.22. The summed E-state index contributed by atoms with van der Waals surface area (Å²) in [6, 6.07) is 12.7. The second kappa shape index (κ2) is 9.57. The minimum atomic E-state index is -0.441. The number of aromatic nitrogens is 5. The number of anilines is 1. The topological polar surface area (TPSA) is 86.9 Å². The molecule has 0 amide bonds. The van der Waals surface area contributed by atoms with Gasteiger partial charge in [0.1, 0.15) is 18.4 Å². The summed E-state index contributed by atoms with van der Waals surface area (Å²) in [4.78, 5) is 27.2. The zero-order chi connectivity index (χ0) is 25.5. The third-order valence-electron chi connectivity index (χ3n) is 6.71. The Kier molecular flexibility index (Phi) is 6.10. The van der Waals surface area contributed by atoms with E-state index < -0.39 is 11.9 Å². The Morgan fingerprint density at radius 3 is 2.81 bits per heavy atom. The number of ether oxygens (including phenoxy) is 1. The average molecular weight is 519 g/mol. The molecule has 1 N–H and O–H groups in total. The third-order valence-corrected chi connectivity index (χ3v) is 7.03. The molecule has 0 spiro atoms. The number of fused-ring (bicyclic) bond motifs is 2. The quantitative estimate of drug-likeness (QED) is 0.316. The summed E-state index contributed by atoms with van der Waals surface area (Å²) in [6.45, 7) is 2.62. The number of imidazole rings is 1. The van der Waals surface area contributed by atoms with Crippen LogP contribution in [-0.4, -0.2) is 30.7 Å². The molecule has 8 nitrogen and oxygen atoms in total. The monoisotopic (exact) mass is 518 g/mol. The van der Waals surface area contributed by atoms with Crippen molar-refractivity contribution in [3.05, 3.63) is 88.1 Å². The maximum absolute atomic E-state index is 14.2. The van der Waals surface area contributed by atoms with E-state index in [1.807, 2.05) is 23.6 Å². The van der Waals surface area contributed by atoms with Crippen molar-refractivity contribution in [3.8, 4) is 5.69 Å². The number of benzene rings is 2. The van der Waals surface area contributed by atoms with Gasteiger partial charge in [-0.1, -0.05) is 29.8 Å². The minimum absolute atomic E-state index is 0.109. The fraction of sp³-hybridized carbons (Fsp3) is 0.259. The van der Waals surface area contributed by atoms with Crippen LogP contribution in [0.25, 0.3) is 27.6 Å². The second-order valence-corrected chi connectivity index (χ2v) is 9.53. The Hall–Kier alpha value is -3.82. The molecule has 1 saturated heterocycles. The van der Waals surface area contributed by atoms with Gasteiger partial charge in [-0.25, -0.2) is 19.3 Å². The van der Waals surface area contributed by atoms with Crippen molar-refractivity contribution in [2.45, 2.75) is 38.5 Å². The first kappa shape index (κ1) is 23.6. The van der Waals surface area contributed by atoms with E-state index in [4.69, 9.17) is 16.3 Å². The first-order chi connectivity index (χ1) is 18.0. The number of hydrogen-bond acceptors (Lipinski definition) is 6. The summed E-state index contributed by atoms with van der Waals surface area (Å²) < 4.78 is 23.5. The molecule has 0 aliphatic carbocycles. The predicted molar refractivity (Wildman–Crippen MR) is 141 cm³/mol. The zero-order valence-electron chi connectivity index (χ0n) is 20.1. The number of nitrogens with zero attached hydrogens (tertiary/aromatic N) is 5. The number of pyridine rings is 1. The van der Waals surface area contributed by atoms with E-state index in [-0.39, 0.29) is 11.8 Å². The van der Waals surface area contributed by atoms with Crippen molar-refractivity contribution in [1.29, 1.82) is 0 Å². The van der Waals surface area contributed by atoms with Gasteiger partial charge in [-0.2, -0.15) is 0 Å². The van der Waals surface area contributed by atoms with Crippen LogP contribution in [-0.2, 0) is 4.74 Å². The Morgan fingerprint density at radius 1 is 1.14 bits per heavy atom. The van der Waals surface area contributed by atoms with Crippen LogP contribution in [0.3, 0.4) is 0 Å². The van der Waals surface area contributed by atoms with E-state index >= 15 is 0 Å². The molecule has 1 aliphatic rings. The summed E-state index contributed by atoms with van der Waals surface area (Å²) in [5, 5.41) is 4.80. The number of rotatable bonds is 5. The Bertz CT molecular complexity index is 1680. The van der Waals surface area contributed by atoms with Crippen LogP contribution in [0.5, 0.6) is 0 Å². The molecule has 0 bridgehead atoms. The molecular formula is C27H24ClFN6O2. The molecule has 2 aromatic carbocycles. The van der Waals surface area contributed by atoms with Crippen LogP contribution in [0, 0.1) is 5.82 Å². The van der Waals surface area contributed by atoms with E-state index in [1.54, 1.807) is 30.6 Å². The molecule has 4 heterocycles. The molecule has 3 aromatic heterocycles. The van der Waals surface area contributed by atoms with Crippen molar-refractivity contribution in [2.24, 2.45) is 0 Å². The van der Waals surface area contributed by atoms with Crippen LogP contribution < -0.4 is 10.9 Å². The highest BCUT2D eigenvalue weighted by molar-refractivity contribution is 6.35. The fourth-order valence-corrected chi connectivity index (χ4v) is 5.19. The highest BCUT2D eigenvalue weighted by atomic mass is 35.5. The van der Waals surface area contributed by atoms with Crippen molar-refractivity contribution in [3.63, 3.8) is 0 Å². The number of nitrogens with one attached hydrogen (secondary N) is 1. The first-order valence-electron chi connectivity index (χ1n) is 12.2. The molecule has 1 aliphatic heterocycles. The highest BCUT2D eigenvalue weighted by Crippen LogP contribution is 2.30. The van der Waals surface area contributed by atoms with Gasteiger partial charge in [-0.15, -0.1) is 0 Å². The molecule has 0 radical (unpaired) electrons. The molecular weight excluding hydrogens is 495 g/mol. The normalized spacial score (nSPS) is 16.8. The Balaban J connectivity index is 1.45. The van der Waals surface area contributed by atoms with Crippen LogP contribution in [0.1, 0.15) is 44.1 Å². The van der Waals surface area contributed by atoms with E-state index in [1.165, 1.54) is 23.0 Å². The first-order valence-corrected chi connectivity index (χ1v) is 12.5. The van der Waals surface area contributed by atoms with Crippen LogP contribution in [0.2, 0.25) is 5.02 Å². The van der Waals surface area contributed by atoms with Crippen molar-refractivity contribution in [1.82, 2.24) is 24.1 Å². The molecule has 37 heavy (non-hydrogen) atoms. The summed E-state index contributed by atoms with van der Waals surface area (Å²) in [6.07, 6.45) is 6.13. The lowest BCUT2D eigenvalue weighted by Gasteiger charge is -2.24. The van der Waals surface area contributed by atoms with E-state index in [2.05, 4.69) is 20.3 Å². The van der Waals surface area contributed by atoms with Gasteiger partial charge in [-0.3, -0.25) is 13.9 Å². The molecule has 5 aromatic rings. The van der Waals surface area contributed by atoms with Gasteiger partial charge in [0.2, 0.25) is 0 Å². The summed E-state index contributed by atoms with van der Waals surface area (Å²) in [7, 11) is 0. The minimum Gasteiger partial charge on any atom is -0.360 e. The van der Waals surface area contributed by atoms with Crippen LogP contribution in [0.4, 0.5) is 10.2 Å². The van der Waals surface area contributed by atoms with Gasteiger partial charge in [-0.05, 0) is 61.9 Å². The van der Waals surface area contributed by atoms with E-state index in [9.17, 15) is 9.18 Å². The Labute approximate surface area is 216 Å². The van der Waals surface area contributed by atoms with Crippen LogP contribution >= 0.6 is 11.6 Å². The van der Waals surface area contributed by atoms with Gasteiger partial charge in [0.15, 0.2) is 17.0 Å². The molecule has 1 unspecified atom stereocenters. The summed E-state index contributed by atoms with van der Waals surface area (Å²) in [5.74, 6) is 0.0830. The molecule has 6 rings (SSSR count). The lowest BCUT2D eigenvalue weighted by atomic mass is 10.1. The van der Waals surface area contributed by atoms with Gasteiger partial charge >= 0.3 is 0 Å². The van der Waals surface area contributed by atoms with Crippen molar-refractivity contribution < 1.29 is 9.13 Å². The van der Waals surface area contributed by atoms with Gasteiger partial charge < -0.3 is 10.1 Å². The summed E-state index contributed by atoms with van der Waals surface area (Å²) >= 11 is 6.41. The van der Waals surface area contributed by atoms with E-state index in [0.29, 0.717) is 50.8 Å². The SMILES string of the molecule is C[C@H](Nc1ncnc2c1ncn2C1CCCCO1)c1cc2cccc(Cl)c2c(=O)n1-c1cccc(F)c1. The van der Waals surface area contributed by atoms with Crippen LogP contribution in [0.15, 0.2) is 66.0 Å². The molecule has 188 valence electrons. The average Bonchev–Trinajstić information content (AvgIpc) is 3.34. The maximum Gasteiger partial charge on any atom is 0.264 e. The van der Waals surface area contributed by atoms with Gasteiger partial charge in [0, 0.05) is 12.3 Å². The largest absolute Gasteiger partial charge is 0.360 e. The lowest BCUT2D eigenvalue weighted by molar-refractivity contribution is -0.0298. The maximum atomic E-state index is 14.2. The number of hydrogen-bond donors (Lipinski definition) is 1. The van der Waals surface area contributed by atoms with Crippen molar-refractivity contribution in [2.75, 3.05) is 11.9 Å². The molecule has 0 saturated carbocycles. The third kappa shape index (κ3) is 4.24. The van der Waals surface area contributed by atoms with E-state index in [0.717, 1.165) is 19.3 Å². The summed E-state index contributed by atoms with van der Waals surface area (Å²) in [5.41, 5.74) is 1.97. The van der Waals surface area contributed by atoms with Gasteiger partial charge in [0.25, 0.3) is 5.56 Å². The standard InChI is InChI=1S/C27H24ClFN6O2/c1-16(33-25-24-26(31-14-30-25)34(15-32-24)22-10-2-3-11-37-22)21-12-17-6-4-9-20(28)23(17)27(36)35(21)19-8-5-7-18(29)13-19/h4-9,12-16,22H,2-3,10-11H2,1H3,(H,30,31,33)/t16-,22?/m0/s1. The van der Waals surface area contributed by atoms with Gasteiger partial charge in [0.05, 0.1) is 28.5 Å². The Morgan fingerprint density at radius 2 is 2.00 bits per heavy atom. The molecule has 2 atom stereocenters. The predicted octanol–water partition coefficient (Wildman–Crippen LogP) is 5.80. The molecule has 1 fully saturated rings. The second-order valence-electron chi connectivity index (χ2n) is 9.13. The molecule has 10 heteroatoms. The number of halogens is 2. The lowest BCUT2D eigenvalue weighted by Crippen LogP contribution is -2.26. The fourth-order valence-electron chi connectivity index (χ4n) is 4.93.